The lowest BCUT2D eigenvalue weighted by molar-refractivity contribution is 0.0950. The van der Waals surface area contributed by atoms with E-state index in [0.717, 1.165) is 5.56 Å². The third-order valence-electron chi connectivity index (χ3n) is 5.04. The van der Waals surface area contributed by atoms with E-state index in [1.165, 1.54) is 0 Å². The molecule has 0 spiro atoms. The van der Waals surface area contributed by atoms with Crippen LogP contribution < -0.4 is 16.0 Å². The summed E-state index contributed by atoms with van der Waals surface area (Å²) in [5.74, 6) is -0.861. The number of nitrogens with one attached hydrogen (secondary N) is 3. The Balaban J connectivity index is 1.40. The first-order valence-electron chi connectivity index (χ1n) is 10.6. The van der Waals surface area contributed by atoms with Crippen molar-refractivity contribution in [1.82, 2.24) is 10.3 Å². The number of rotatable bonds is 7. The lowest BCUT2D eigenvalue weighted by atomic mass is 10.1. The SMILES string of the molecule is O=C(Nc1cccc(CNC(=O)c2ccccc2NC(=O)c2ccccc2)c1)c1ccncc1. The second kappa shape index (κ2) is 10.7. The lowest BCUT2D eigenvalue weighted by Gasteiger charge is -2.12. The maximum absolute atomic E-state index is 12.9. The molecule has 0 atom stereocenters. The fourth-order valence-corrected chi connectivity index (χ4v) is 3.32. The highest BCUT2D eigenvalue weighted by Crippen LogP contribution is 2.17. The van der Waals surface area contributed by atoms with Crippen LogP contribution in [-0.2, 0) is 6.54 Å². The Hall–Kier alpha value is -4.78. The van der Waals surface area contributed by atoms with Crippen molar-refractivity contribution in [2.75, 3.05) is 10.6 Å². The number of carbonyl (C=O) groups excluding carboxylic acids is 3. The van der Waals surface area contributed by atoms with Crippen molar-refractivity contribution in [2.24, 2.45) is 0 Å². The monoisotopic (exact) mass is 450 g/mol. The Morgan fingerprint density at radius 3 is 2.12 bits per heavy atom. The summed E-state index contributed by atoms with van der Waals surface area (Å²) in [6, 6.07) is 26.1. The second-order valence-electron chi connectivity index (χ2n) is 7.44. The van der Waals surface area contributed by atoms with E-state index in [0.29, 0.717) is 28.1 Å². The van der Waals surface area contributed by atoms with Gasteiger partial charge in [0, 0.05) is 35.8 Å². The summed E-state index contributed by atoms with van der Waals surface area (Å²) in [6.45, 7) is 0.249. The molecule has 0 fully saturated rings. The molecule has 7 nitrogen and oxygen atoms in total. The quantitative estimate of drug-likeness (QED) is 0.386. The first-order chi connectivity index (χ1) is 16.6. The molecular formula is C27H22N4O3. The van der Waals surface area contributed by atoms with Gasteiger partial charge < -0.3 is 16.0 Å². The van der Waals surface area contributed by atoms with Crippen LogP contribution in [0.15, 0.2) is 103 Å². The molecule has 4 aromatic rings. The van der Waals surface area contributed by atoms with E-state index < -0.39 is 0 Å². The van der Waals surface area contributed by atoms with Crippen LogP contribution in [0.5, 0.6) is 0 Å². The van der Waals surface area contributed by atoms with Crippen molar-refractivity contribution in [1.29, 1.82) is 0 Å². The average Bonchev–Trinajstić information content (AvgIpc) is 2.89. The molecular weight excluding hydrogens is 428 g/mol. The zero-order chi connectivity index (χ0) is 23.8. The number of aromatic nitrogens is 1. The highest BCUT2D eigenvalue weighted by Gasteiger charge is 2.14. The standard InChI is InChI=1S/C27H22N4O3/c32-25(21-13-15-28-16-14-21)30-22-10-6-7-19(17-22)18-29-27(34)23-11-4-5-12-24(23)31-26(33)20-8-2-1-3-9-20/h1-17H,18H2,(H,29,34)(H,30,32)(H,31,33). The fraction of sp³-hybridized carbons (Fsp3) is 0.0370. The highest BCUT2D eigenvalue weighted by atomic mass is 16.2. The molecule has 0 unspecified atom stereocenters. The van der Waals surface area contributed by atoms with Gasteiger partial charge in [-0.05, 0) is 54.1 Å². The minimum atomic E-state index is -0.324. The summed E-state index contributed by atoms with van der Waals surface area (Å²) in [4.78, 5) is 41.7. The van der Waals surface area contributed by atoms with Gasteiger partial charge in [0.2, 0.25) is 0 Å². The Morgan fingerprint density at radius 2 is 1.32 bits per heavy atom. The smallest absolute Gasteiger partial charge is 0.255 e. The van der Waals surface area contributed by atoms with Crippen molar-refractivity contribution < 1.29 is 14.4 Å². The number of nitrogens with zero attached hydrogens (tertiary/aromatic N) is 1. The summed E-state index contributed by atoms with van der Waals surface area (Å²) in [6.07, 6.45) is 3.11. The maximum Gasteiger partial charge on any atom is 0.255 e. The normalized spacial score (nSPS) is 10.2. The van der Waals surface area contributed by atoms with Crippen LogP contribution in [-0.4, -0.2) is 22.7 Å². The van der Waals surface area contributed by atoms with Gasteiger partial charge in [-0.3, -0.25) is 19.4 Å². The van der Waals surface area contributed by atoms with Crippen LogP contribution in [0, 0.1) is 0 Å². The number of para-hydroxylation sites is 1. The fourth-order valence-electron chi connectivity index (χ4n) is 3.32. The van der Waals surface area contributed by atoms with Crippen LogP contribution in [0.4, 0.5) is 11.4 Å². The topological polar surface area (TPSA) is 100 Å². The highest BCUT2D eigenvalue weighted by molar-refractivity contribution is 6.09. The summed E-state index contributed by atoms with van der Waals surface area (Å²) in [5, 5.41) is 8.51. The van der Waals surface area contributed by atoms with Crippen molar-refractivity contribution in [3.63, 3.8) is 0 Å². The van der Waals surface area contributed by atoms with Crippen LogP contribution in [0.1, 0.15) is 36.6 Å². The summed E-state index contributed by atoms with van der Waals surface area (Å²) in [7, 11) is 0. The van der Waals surface area contributed by atoms with Gasteiger partial charge in [0.15, 0.2) is 0 Å². The summed E-state index contributed by atoms with van der Waals surface area (Å²) >= 11 is 0. The first-order valence-corrected chi connectivity index (χ1v) is 10.6. The van der Waals surface area contributed by atoms with Crippen LogP contribution in [0.2, 0.25) is 0 Å². The van der Waals surface area contributed by atoms with Gasteiger partial charge >= 0.3 is 0 Å². The van der Waals surface area contributed by atoms with Gasteiger partial charge in [-0.1, -0.05) is 42.5 Å². The predicted octanol–water partition coefficient (Wildman–Crippen LogP) is 4.52. The number of hydrogen-bond acceptors (Lipinski definition) is 4. The molecule has 0 aliphatic carbocycles. The second-order valence-corrected chi connectivity index (χ2v) is 7.44. The van der Waals surface area contributed by atoms with E-state index in [4.69, 9.17) is 0 Å². The van der Waals surface area contributed by atoms with Crippen molar-refractivity contribution in [3.05, 3.63) is 126 Å². The first kappa shape index (κ1) is 22.4. The molecule has 1 aromatic heterocycles. The van der Waals surface area contributed by atoms with Crippen molar-refractivity contribution in [2.45, 2.75) is 6.54 Å². The van der Waals surface area contributed by atoms with E-state index in [-0.39, 0.29) is 24.3 Å². The van der Waals surface area contributed by atoms with E-state index in [1.807, 2.05) is 12.1 Å². The molecule has 0 saturated carbocycles. The Labute approximate surface area is 196 Å². The third kappa shape index (κ3) is 5.72. The Morgan fingerprint density at radius 1 is 0.647 bits per heavy atom. The number of carbonyl (C=O) groups is 3. The third-order valence-corrected chi connectivity index (χ3v) is 5.04. The van der Waals surface area contributed by atoms with E-state index in [2.05, 4.69) is 20.9 Å². The molecule has 168 valence electrons. The molecule has 3 aromatic carbocycles. The molecule has 0 aliphatic heterocycles. The molecule has 0 saturated heterocycles. The van der Waals surface area contributed by atoms with Gasteiger partial charge in [0.05, 0.1) is 11.3 Å². The average molecular weight is 450 g/mol. The molecule has 4 rings (SSSR count). The van der Waals surface area contributed by atoms with E-state index >= 15 is 0 Å². The molecule has 34 heavy (non-hydrogen) atoms. The number of amides is 3. The number of hydrogen-bond donors (Lipinski definition) is 3. The van der Waals surface area contributed by atoms with Crippen LogP contribution in [0.25, 0.3) is 0 Å². The van der Waals surface area contributed by atoms with Gasteiger partial charge in [-0.2, -0.15) is 0 Å². The number of benzene rings is 3. The number of pyridine rings is 1. The van der Waals surface area contributed by atoms with Crippen molar-refractivity contribution in [3.8, 4) is 0 Å². The van der Waals surface area contributed by atoms with Gasteiger partial charge in [0.1, 0.15) is 0 Å². The van der Waals surface area contributed by atoms with Crippen molar-refractivity contribution >= 4 is 29.1 Å². The molecule has 7 heteroatoms. The minimum absolute atomic E-state index is 0.244. The van der Waals surface area contributed by atoms with Gasteiger partial charge in [-0.15, -0.1) is 0 Å². The largest absolute Gasteiger partial charge is 0.348 e. The van der Waals surface area contributed by atoms with Crippen LogP contribution in [0.3, 0.4) is 0 Å². The summed E-state index contributed by atoms with van der Waals surface area (Å²) in [5.41, 5.74) is 3.21. The Kier molecular flexibility index (Phi) is 7.05. The van der Waals surface area contributed by atoms with Crippen LogP contribution >= 0.6 is 0 Å². The van der Waals surface area contributed by atoms with E-state index in [9.17, 15) is 14.4 Å². The zero-order valence-corrected chi connectivity index (χ0v) is 18.2. The van der Waals surface area contributed by atoms with Gasteiger partial charge in [0.25, 0.3) is 17.7 Å². The summed E-state index contributed by atoms with van der Waals surface area (Å²) < 4.78 is 0. The Bertz CT molecular complexity index is 1310. The maximum atomic E-state index is 12.9. The molecule has 0 aliphatic rings. The molecule has 0 bridgehead atoms. The van der Waals surface area contributed by atoms with Gasteiger partial charge in [-0.25, -0.2) is 0 Å². The molecule has 3 N–H and O–H groups in total. The number of anilines is 2. The molecule has 1 heterocycles. The molecule has 3 amide bonds. The molecule has 0 radical (unpaired) electrons. The minimum Gasteiger partial charge on any atom is -0.348 e. The van der Waals surface area contributed by atoms with E-state index in [1.54, 1.807) is 91.3 Å². The lowest BCUT2D eigenvalue weighted by Crippen LogP contribution is -2.25. The zero-order valence-electron chi connectivity index (χ0n) is 18.2. The predicted molar refractivity (Wildman–Crippen MR) is 131 cm³/mol.